The van der Waals surface area contributed by atoms with E-state index in [2.05, 4.69) is 15.3 Å². The summed E-state index contributed by atoms with van der Waals surface area (Å²) in [7, 11) is 0. The van der Waals surface area contributed by atoms with Crippen molar-refractivity contribution in [3.05, 3.63) is 77.6 Å². The molecule has 33 heavy (non-hydrogen) atoms. The number of hydrogen-bond donors (Lipinski definition) is 3. The number of allylic oxidation sites excluding steroid dienone is 1. The Morgan fingerprint density at radius 3 is 2.76 bits per heavy atom. The number of imidazole rings is 1. The number of carbonyl (C=O) groups excluding carboxylic acids is 1. The number of amides is 1. The predicted octanol–water partition coefficient (Wildman–Crippen LogP) is 3.77. The molecular weight excluding hydrogens is 425 g/mol. The van der Waals surface area contributed by atoms with Crippen LogP contribution in [0.5, 0.6) is 0 Å². The second-order valence-electron chi connectivity index (χ2n) is 7.96. The minimum atomic E-state index is -0.659. The van der Waals surface area contributed by atoms with Gasteiger partial charge in [0.05, 0.1) is 17.6 Å². The standard InChI is InChI=1S/C25H28FN3O4/c1-2-32-25-18(6-5-13-30)19(16-9-11-17(26)12-10-16)14-22(33-25)24(31)27-15-23-28-20-7-3-4-8-21(20)29-23/h3-4,7-12,14,18-19,25,30H,2,5-6,13,15H2,1H3,(H,27,31)(H,28,29)/t18-,19+,25+/m1/s1. The highest BCUT2D eigenvalue weighted by atomic mass is 19.1. The molecule has 1 amide bonds. The number of H-pyrrole nitrogens is 1. The van der Waals surface area contributed by atoms with Gasteiger partial charge in [-0.1, -0.05) is 24.3 Å². The topological polar surface area (TPSA) is 96.5 Å². The Balaban J connectivity index is 1.56. The lowest BCUT2D eigenvalue weighted by molar-refractivity contribution is -0.166. The Morgan fingerprint density at radius 1 is 1.24 bits per heavy atom. The molecule has 7 nitrogen and oxygen atoms in total. The molecule has 174 valence electrons. The molecule has 0 aliphatic carbocycles. The van der Waals surface area contributed by atoms with Crippen molar-refractivity contribution < 1.29 is 23.8 Å². The number of aliphatic hydroxyl groups excluding tert-OH is 1. The average Bonchev–Trinajstić information content (AvgIpc) is 3.25. The monoisotopic (exact) mass is 453 g/mol. The fraction of sp³-hybridized carbons (Fsp3) is 0.360. The van der Waals surface area contributed by atoms with E-state index in [4.69, 9.17) is 9.47 Å². The van der Waals surface area contributed by atoms with Gasteiger partial charge in [-0.05, 0) is 55.7 Å². The Labute approximate surface area is 191 Å². The van der Waals surface area contributed by atoms with Gasteiger partial charge in [0.2, 0.25) is 6.29 Å². The van der Waals surface area contributed by atoms with E-state index in [1.165, 1.54) is 12.1 Å². The largest absolute Gasteiger partial charge is 0.459 e. The van der Waals surface area contributed by atoms with Crippen LogP contribution in [0.25, 0.3) is 11.0 Å². The number of aliphatic hydroxyl groups is 1. The summed E-state index contributed by atoms with van der Waals surface area (Å²) in [6, 6.07) is 13.9. The van der Waals surface area contributed by atoms with E-state index in [0.717, 1.165) is 16.6 Å². The summed E-state index contributed by atoms with van der Waals surface area (Å²) in [5.41, 5.74) is 2.58. The number of benzene rings is 2. The highest BCUT2D eigenvalue weighted by molar-refractivity contribution is 5.91. The van der Waals surface area contributed by atoms with Crippen LogP contribution in [0.15, 0.2) is 60.4 Å². The van der Waals surface area contributed by atoms with Crippen LogP contribution in [0, 0.1) is 11.7 Å². The fourth-order valence-corrected chi connectivity index (χ4v) is 4.17. The summed E-state index contributed by atoms with van der Waals surface area (Å²) in [6.45, 7) is 2.52. The number of aromatic amines is 1. The summed E-state index contributed by atoms with van der Waals surface area (Å²) in [5.74, 6) is -0.277. The second-order valence-corrected chi connectivity index (χ2v) is 7.96. The zero-order chi connectivity index (χ0) is 23.2. The van der Waals surface area contributed by atoms with Crippen LogP contribution in [-0.2, 0) is 20.8 Å². The molecule has 1 aliphatic heterocycles. The van der Waals surface area contributed by atoms with Gasteiger partial charge < -0.3 is 24.9 Å². The van der Waals surface area contributed by atoms with Gasteiger partial charge in [0.25, 0.3) is 5.91 Å². The fourth-order valence-electron chi connectivity index (χ4n) is 4.17. The van der Waals surface area contributed by atoms with Crippen molar-refractivity contribution >= 4 is 16.9 Å². The molecule has 8 heteroatoms. The van der Waals surface area contributed by atoms with E-state index >= 15 is 0 Å². The number of nitrogens with one attached hydrogen (secondary N) is 2. The first-order valence-corrected chi connectivity index (χ1v) is 11.2. The van der Waals surface area contributed by atoms with Crippen LogP contribution < -0.4 is 5.32 Å². The van der Waals surface area contributed by atoms with E-state index in [1.54, 1.807) is 18.2 Å². The molecule has 3 N–H and O–H groups in total. The van der Waals surface area contributed by atoms with Gasteiger partial charge >= 0.3 is 0 Å². The molecule has 0 radical (unpaired) electrons. The molecule has 2 aromatic carbocycles. The Morgan fingerprint density at radius 2 is 2.03 bits per heavy atom. The molecule has 1 aromatic heterocycles. The van der Waals surface area contributed by atoms with E-state index in [9.17, 15) is 14.3 Å². The summed E-state index contributed by atoms with van der Waals surface area (Å²) in [6.07, 6.45) is 2.30. The van der Waals surface area contributed by atoms with Crippen LogP contribution in [-0.4, -0.2) is 40.5 Å². The summed E-state index contributed by atoms with van der Waals surface area (Å²) >= 11 is 0. The van der Waals surface area contributed by atoms with Crippen molar-refractivity contribution in [1.82, 2.24) is 15.3 Å². The molecule has 3 atom stereocenters. The average molecular weight is 454 g/mol. The number of nitrogens with zero attached hydrogens (tertiary/aromatic N) is 1. The Kier molecular flexibility index (Phi) is 7.36. The van der Waals surface area contributed by atoms with Gasteiger partial charge in [0.1, 0.15) is 11.6 Å². The first-order chi connectivity index (χ1) is 16.1. The van der Waals surface area contributed by atoms with Crippen molar-refractivity contribution in [1.29, 1.82) is 0 Å². The van der Waals surface area contributed by atoms with Crippen molar-refractivity contribution in [3.63, 3.8) is 0 Å². The van der Waals surface area contributed by atoms with Gasteiger partial charge in [0, 0.05) is 25.0 Å². The lowest BCUT2D eigenvalue weighted by atomic mass is 9.80. The molecule has 0 unspecified atom stereocenters. The van der Waals surface area contributed by atoms with Crippen molar-refractivity contribution in [2.75, 3.05) is 13.2 Å². The second kappa shape index (κ2) is 10.6. The third-order valence-electron chi connectivity index (χ3n) is 5.74. The smallest absolute Gasteiger partial charge is 0.286 e. The minimum Gasteiger partial charge on any atom is -0.459 e. The number of hydrogen-bond acceptors (Lipinski definition) is 5. The number of aromatic nitrogens is 2. The van der Waals surface area contributed by atoms with Gasteiger partial charge in [-0.15, -0.1) is 0 Å². The molecule has 0 spiro atoms. The molecule has 3 aromatic rings. The van der Waals surface area contributed by atoms with Crippen LogP contribution >= 0.6 is 0 Å². The molecule has 4 rings (SSSR count). The third kappa shape index (κ3) is 5.40. The summed E-state index contributed by atoms with van der Waals surface area (Å²) in [5, 5.41) is 12.2. The lowest BCUT2D eigenvalue weighted by Crippen LogP contribution is -2.39. The van der Waals surface area contributed by atoms with Gasteiger partial charge in [-0.2, -0.15) is 0 Å². The van der Waals surface area contributed by atoms with Crippen LogP contribution in [0.3, 0.4) is 0 Å². The van der Waals surface area contributed by atoms with Crippen molar-refractivity contribution in [2.45, 2.75) is 38.5 Å². The molecule has 2 heterocycles. The summed E-state index contributed by atoms with van der Waals surface area (Å²) < 4.78 is 25.3. The van der Waals surface area contributed by atoms with Gasteiger partial charge in [-0.3, -0.25) is 4.79 Å². The highest BCUT2D eigenvalue weighted by Crippen LogP contribution is 2.39. The maximum atomic E-state index is 13.5. The first kappa shape index (κ1) is 22.9. The molecule has 0 saturated carbocycles. The molecule has 0 bridgehead atoms. The molecular formula is C25H28FN3O4. The predicted molar refractivity (Wildman–Crippen MR) is 121 cm³/mol. The number of rotatable bonds is 9. The lowest BCUT2D eigenvalue weighted by Gasteiger charge is -2.37. The van der Waals surface area contributed by atoms with Crippen LogP contribution in [0.1, 0.15) is 37.1 Å². The zero-order valence-corrected chi connectivity index (χ0v) is 18.5. The number of ether oxygens (including phenoxy) is 2. The minimum absolute atomic E-state index is 0.0417. The number of fused-ring (bicyclic) bond motifs is 1. The maximum Gasteiger partial charge on any atom is 0.286 e. The molecule has 0 saturated heterocycles. The van der Waals surface area contributed by atoms with E-state index in [0.29, 0.717) is 25.3 Å². The Hall–Kier alpha value is -3.23. The third-order valence-corrected chi connectivity index (χ3v) is 5.74. The highest BCUT2D eigenvalue weighted by Gasteiger charge is 2.37. The molecule has 1 aliphatic rings. The SMILES string of the molecule is CCO[C@H]1OC(C(=O)NCc2nc3ccccc3[nH]2)=C[C@@H](c2ccc(F)cc2)[C@H]1CCCO. The van der Waals surface area contributed by atoms with Gasteiger partial charge in [-0.25, -0.2) is 9.37 Å². The van der Waals surface area contributed by atoms with E-state index in [-0.39, 0.29) is 42.5 Å². The zero-order valence-electron chi connectivity index (χ0n) is 18.5. The molecule has 0 fully saturated rings. The Bertz CT molecular complexity index is 1080. The van der Waals surface area contributed by atoms with E-state index < -0.39 is 6.29 Å². The van der Waals surface area contributed by atoms with Crippen LogP contribution in [0.4, 0.5) is 4.39 Å². The van der Waals surface area contributed by atoms with Crippen molar-refractivity contribution in [2.24, 2.45) is 5.92 Å². The van der Waals surface area contributed by atoms with Crippen molar-refractivity contribution in [3.8, 4) is 0 Å². The number of carbonyl (C=O) groups is 1. The normalized spacial score (nSPS) is 20.3. The van der Waals surface area contributed by atoms with E-state index in [1.807, 2.05) is 31.2 Å². The van der Waals surface area contributed by atoms with Crippen LogP contribution in [0.2, 0.25) is 0 Å². The number of para-hydroxylation sites is 2. The van der Waals surface area contributed by atoms with Gasteiger partial charge in [0.15, 0.2) is 5.76 Å². The maximum absolute atomic E-state index is 13.5. The first-order valence-electron chi connectivity index (χ1n) is 11.2. The quantitative estimate of drug-likeness (QED) is 0.458. The number of halogens is 1. The summed E-state index contributed by atoms with van der Waals surface area (Å²) in [4.78, 5) is 20.6.